The molecule has 0 bridgehead atoms. The van der Waals surface area contributed by atoms with Gasteiger partial charge in [-0.05, 0) is 17.7 Å². The Kier molecular flexibility index (Phi) is 5.52. The fourth-order valence-corrected chi connectivity index (χ4v) is 2.35. The van der Waals surface area contributed by atoms with Gasteiger partial charge in [-0.1, -0.05) is 28.1 Å². The molecule has 2 aromatic rings. The Bertz CT molecular complexity index is 608. The van der Waals surface area contributed by atoms with E-state index in [1.54, 1.807) is 25.1 Å². The molecule has 0 saturated heterocycles. The second-order valence-corrected chi connectivity index (χ2v) is 5.06. The van der Waals surface area contributed by atoms with Crippen LogP contribution in [-0.4, -0.2) is 35.1 Å². The third-order valence-corrected chi connectivity index (χ3v) is 3.65. The van der Waals surface area contributed by atoms with Crippen LogP contribution in [0.4, 0.5) is 0 Å². The lowest BCUT2D eigenvalue weighted by Gasteiger charge is -2.09. The third-order valence-electron chi connectivity index (χ3n) is 3.14. The topological polar surface area (TPSA) is 53.3 Å². The van der Waals surface area contributed by atoms with E-state index >= 15 is 0 Å². The number of methoxy groups -OCH3 is 2. The summed E-state index contributed by atoms with van der Waals surface area (Å²) in [5.74, 6) is 0.814. The summed E-state index contributed by atoms with van der Waals surface area (Å²) in [5, 5.41) is 4.58. The van der Waals surface area contributed by atoms with E-state index in [2.05, 4.69) is 21.0 Å². The smallest absolute Gasteiger partial charge is 0.176 e. The average molecular weight is 353 g/mol. The van der Waals surface area contributed by atoms with Crippen LogP contribution in [0, 0.1) is 0 Å². The molecule has 0 aliphatic rings. The standard InChI is InChI=1S/C15H17BrN2O3/c1-20-10-14-13(15(19)7-16)8-17-18(14)9-11-3-5-12(21-2)6-4-11/h3-6,8H,7,9-10H2,1-2H3. The summed E-state index contributed by atoms with van der Waals surface area (Å²) >= 11 is 3.19. The number of aromatic nitrogens is 2. The van der Waals surface area contributed by atoms with Crippen LogP contribution < -0.4 is 4.74 Å². The molecule has 0 aliphatic carbocycles. The minimum absolute atomic E-state index is 0.00281. The number of alkyl halides is 1. The molecular weight excluding hydrogens is 336 g/mol. The van der Waals surface area contributed by atoms with Crippen molar-refractivity contribution < 1.29 is 14.3 Å². The maximum absolute atomic E-state index is 11.9. The second-order valence-electron chi connectivity index (χ2n) is 4.50. The van der Waals surface area contributed by atoms with E-state index in [1.807, 2.05) is 24.3 Å². The van der Waals surface area contributed by atoms with Crippen molar-refractivity contribution >= 4 is 21.7 Å². The summed E-state index contributed by atoms with van der Waals surface area (Å²) in [6, 6.07) is 7.75. The summed E-state index contributed by atoms with van der Waals surface area (Å²) in [6.07, 6.45) is 1.60. The predicted molar refractivity (Wildman–Crippen MR) is 83.2 cm³/mol. The highest BCUT2D eigenvalue weighted by molar-refractivity contribution is 9.09. The van der Waals surface area contributed by atoms with Crippen molar-refractivity contribution in [3.63, 3.8) is 0 Å². The number of benzene rings is 1. The zero-order valence-electron chi connectivity index (χ0n) is 12.0. The van der Waals surface area contributed by atoms with Gasteiger partial charge in [0.25, 0.3) is 0 Å². The molecule has 2 rings (SSSR count). The van der Waals surface area contributed by atoms with Gasteiger partial charge in [0.05, 0.1) is 43.0 Å². The van der Waals surface area contributed by atoms with Crippen LogP contribution in [0.3, 0.4) is 0 Å². The average Bonchev–Trinajstić information content (AvgIpc) is 2.90. The lowest BCUT2D eigenvalue weighted by molar-refractivity contribution is 0.101. The lowest BCUT2D eigenvalue weighted by Crippen LogP contribution is -2.11. The molecule has 0 N–H and O–H groups in total. The van der Waals surface area contributed by atoms with E-state index in [9.17, 15) is 4.79 Å². The highest BCUT2D eigenvalue weighted by Gasteiger charge is 2.16. The number of ketones is 1. The van der Waals surface area contributed by atoms with Gasteiger partial charge in [0, 0.05) is 7.11 Å². The van der Waals surface area contributed by atoms with Crippen LogP contribution in [0.25, 0.3) is 0 Å². The highest BCUT2D eigenvalue weighted by Crippen LogP contribution is 2.16. The maximum Gasteiger partial charge on any atom is 0.176 e. The van der Waals surface area contributed by atoms with E-state index in [-0.39, 0.29) is 11.1 Å². The van der Waals surface area contributed by atoms with E-state index in [0.29, 0.717) is 18.7 Å². The third kappa shape index (κ3) is 3.71. The predicted octanol–water partition coefficient (Wildman–Crippen LogP) is 2.66. The van der Waals surface area contributed by atoms with Gasteiger partial charge >= 0.3 is 0 Å². The number of carbonyl (C=O) groups is 1. The summed E-state index contributed by atoms with van der Waals surface area (Å²) in [6.45, 7) is 0.933. The van der Waals surface area contributed by atoms with Crippen molar-refractivity contribution in [1.29, 1.82) is 0 Å². The van der Waals surface area contributed by atoms with Crippen molar-refractivity contribution in [3.8, 4) is 5.75 Å². The number of Topliss-reactive ketones (excluding diaryl/α,β-unsaturated/α-hetero) is 1. The van der Waals surface area contributed by atoms with Crippen LogP contribution in [0.1, 0.15) is 21.6 Å². The molecule has 21 heavy (non-hydrogen) atoms. The number of halogens is 1. The van der Waals surface area contributed by atoms with E-state index < -0.39 is 0 Å². The number of hydrogen-bond acceptors (Lipinski definition) is 4. The van der Waals surface area contributed by atoms with Gasteiger partial charge in [-0.25, -0.2) is 0 Å². The molecule has 1 aromatic carbocycles. The van der Waals surface area contributed by atoms with Gasteiger partial charge < -0.3 is 9.47 Å². The van der Waals surface area contributed by atoms with Crippen LogP contribution in [0.2, 0.25) is 0 Å². The van der Waals surface area contributed by atoms with Crippen LogP contribution in [0.15, 0.2) is 30.5 Å². The minimum atomic E-state index is 0.00281. The van der Waals surface area contributed by atoms with Gasteiger partial charge in [0.1, 0.15) is 5.75 Å². The summed E-state index contributed by atoms with van der Waals surface area (Å²) in [5.41, 5.74) is 2.47. The van der Waals surface area contributed by atoms with E-state index in [1.165, 1.54) is 0 Å². The molecule has 0 unspecified atom stereocenters. The number of hydrogen-bond donors (Lipinski definition) is 0. The normalized spacial score (nSPS) is 10.6. The van der Waals surface area contributed by atoms with Gasteiger partial charge in [-0.2, -0.15) is 5.10 Å². The lowest BCUT2D eigenvalue weighted by atomic mass is 10.1. The summed E-state index contributed by atoms with van der Waals surface area (Å²) in [4.78, 5) is 11.9. The molecule has 6 heteroatoms. The Morgan fingerprint density at radius 3 is 2.57 bits per heavy atom. The van der Waals surface area contributed by atoms with Crippen molar-refractivity contribution in [3.05, 3.63) is 47.3 Å². The fraction of sp³-hybridized carbons (Fsp3) is 0.333. The fourth-order valence-electron chi connectivity index (χ4n) is 2.04. The SMILES string of the molecule is COCc1c(C(=O)CBr)cnn1Cc1ccc(OC)cc1. The first kappa shape index (κ1) is 15.7. The zero-order chi connectivity index (χ0) is 15.2. The van der Waals surface area contributed by atoms with Crippen molar-refractivity contribution in [2.45, 2.75) is 13.2 Å². The molecule has 0 amide bonds. The molecule has 0 aliphatic heterocycles. The zero-order valence-corrected chi connectivity index (χ0v) is 13.6. The van der Waals surface area contributed by atoms with E-state index in [4.69, 9.17) is 9.47 Å². The van der Waals surface area contributed by atoms with Gasteiger partial charge in [-0.15, -0.1) is 0 Å². The Morgan fingerprint density at radius 2 is 2.00 bits per heavy atom. The minimum Gasteiger partial charge on any atom is -0.497 e. The molecule has 0 saturated carbocycles. The number of ether oxygens (including phenoxy) is 2. The van der Waals surface area contributed by atoms with E-state index in [0.717, 1.165) is 17.0 Å². The first-order chi connectivity index (χ1) is 10.2. The maximum atomic E-state index is 11.9. The first-order valence-electron chi connectivity index (χ1n) is 6.45. The molecule has 0 atom stereocenters. The monoisotopic (exact) mass is 352 g/mol. The highest BCUT2D eigenvalue weighted by atomic mass is 79.9. The van der Waals surface area contributed by atoms with Crippen LogP contribution >= 0.6 is 15.9 Å². The summed E-state index contributed by atoms with van der Waals surface area (Å²) in [7, 11) is 3.24. The van der Waals surface area contributed by atoms with Crippen molar-refractivity contribution in [2.24, 2.45) is 0 Å². The summed E-state index contributed by atoms with van der Waals surface area (Å²) < 4.78 is 12.1. The Morgan fingerprint density at radius 1 is 1.29 bits per heavy atom. The molecule has 0 fully saturated rings. The number of nitrogens with zero attached hydrogens (tertiary/aromatic N) is 2. The number of carbonyl (C=O) groups excluding carboxylic acids is 1. The molecule has 1 heterocycles. The molecule has 112 valence electrons. The Labute approximate surface area is 132 Å². The number of rotatable bonds is 7. The molecular formula is C15H17BrN2O3. The Balaban J connectivity index is 2.25. The van der Waals surface area contributed by atoms with Crippen molar-refractivity contribution in [1.82, 2.24) is 9.78 Å². The van der Waals surface area contributed by atoms with Crippen LogP contribution in [0.5, 0.6) is 5.75 Å². The quantitative estimate of drug-likeness (QED) is 0.567. The van der Waals surface area contributed by atoms with Crippen molar-refractivity contribution in [2.75, 3.05) is 19.5 Å². The largest absolute Gasteiger partial charge is 0.497 e. The molecule has 1 aromatic heterocycles. The van der Waals surface area contributed by atoms with Gasteiger partial charge in [-0.3, -0.25) is 9.48 Å². The molecule has 0 radical (unpaired) electrons. The first-order valence-corrected chi connectivity index (χ1v) is 7.57. The van der Waals surface area contributed by atoms with Gasteiger partial charge in [0.2, 0.25) is 0 Å². The van der Waals surface area contributed by atoms with Crippen LogP contribution in [-0.2, 0) is 17.9 Å². The van der Waals surface area contributed by atoms with Gasteiger partial charge in [0.15, 0.2) is 5.78 Å². The Hall–Kier alpha value is -1.66. The molecule has 5 nitrogen and oxygen atoms in total. The second kappa shape index (κ2) is 7.38. The molecule has 0 spiro atoms.